The Hall–Kier alpha value is -1.45. The second-order valence-electron chi connectivity index (χ2n) is 3.33. The molecule has 4 heteroatoms. The summed E-state index contributed by atoms with van der Waals surface area (Å²) in [7, 11) is 0. The number of fused-ring (bicyclic) bond motifs is 1. The smallest absolute Gasteiger partial charge is 0.237 e. The van der Waals surface area contributed by atoms with E-state index in [-0.39, 0.29) is 5.91 Å². The molecule has 1 aromatic rings. The fourth-order valence-electron chi connectivity index (χ4n) is 1.26. The van der Waals surface area contributed by atoms with Gasteiger partial charge in [-0.1, -0.05) is 0 Å². The predicted octanol–water partition coefficient (Wildman–Crippen LogP) is 0.706. The van der Waals surface area contributed by atoms with E-state index in [0.717, 1.165) is 5.69 Å². The molecule has 0 unspecified atom stereocenters. The van der Waals surface area contributed by atoms with Crippen LogP contribution in [-0.4, -0.2) is 15.9 Å². The Morgan fingerprint density at radius 2 is 2.00 bits per heavy atom. The Balaban J connectivity index is 2.63. The molecule has 0 bridgehead atoms. The van der Waals surface area contributed by atoms with Crippen molar-refractivity contribution in [2.24, 2.45) is 0 Å². The number of hydrogen-bond acceptors (Lipinski definition) is 3. The molecule has 4 nitrogen and oxygen atoms in total. The molecule has 2 heterocycles. The number of carbonyl (C=O) groups is 1. The maximum Gasteiger partial charge on any atom is 0.237 e. The lowest BCUT2D eigenvalue weighted by molar-refractivity contribution is -0.119. The fraction of sp³-hybridized carbons (Fsp3) is 0.375. The van der Waals surface area contributed by atoms with Crippen LogP contribution in [0.15, 0.2) is 12.4 Å². The zero-order valence-electron chi connectivity index (χ0n) is 6.96. The van der Waals surface area contributed by atoms with Gasteiger partial charge in [-0.05, 0) is 13.8 Å². The molecule has 1 aliphatic rings. The number of anilines is 1. The van der Waals surface area contributed by atoms with E-state index in [1.54, 1.807) is 12.4 Å². The van der Waals surface area contributed by atoms with Crippen LogP contribution >= 0.6 is 0 Å². The first-order valence-electron chi connectivity index (χ1n) is 3.75. The van der Waals surface area contributed by atoms with Crippen molar-refractivity contribution in [3.05, 3.63) is 18.1 Å². The molecule has 1 amide bonds. The Labute approximate surface area is 70.0 Å². The van der Waals surface area contributed by atoms with Crippen molar-refractivity contribution in [1.29, 1.82) is 0 Å². The van der Waals surface area contributed by atoms with Gasteiger partial charge >= 0.3 is 0 Å². The summed E-state index contributed by atoms with van der Waals surface area (Å²) in [5.41, 5.74) is 0.193. The minimum absolute atomic E-state index is 0.0382. The molecule has 2 rings (SSSR count). The van der Waals surface area contributed by atoms with Crippen LogP contribution in [0.5, 0.6) is 0 Å². The highest BCUT2D eigenvalue weighted by Crippen LogP contribution is 2.33. The largest absolute Gasteiger partial charge is 0.308 e. The maximum absolute atomic E-state index is 11.4. The van der Waals surface area contributed by atoms with Gasteiger partial charge in [0, 0.05) is 12.4 Å². The van der Waals surface area contributed by atoms with Crippen LogP contribution in [0, 0.1) is 0 Å². The van der Waals surface area contributed by atoms with Crippen molar-refractivity contribution in [2.45, 2.75) is 19.3 Å². The number of amides is 1. The van der Waals surface area contributed by atoms with Gasteiger partial charge in [0.15, 0.2) is 5.82 Å². The Morgan fingerprint density at radius 3 is 2.67 bits per heavy atom. The third-order valence-electron chi connectivity index (χ3n) is 2.09. The van der Waals surface area contributed by atoms with Gasteiger partial charge in [-0.3, -0.25) is 9.78 Å². The van der Waals surface area contributed by atoms with Crippen LogP contribution in [0.3, 0.4) is 0 Å². The molecule has 0 radical (unpaired) electrons. The van der Waals surface area contributed by atoms with Crippen molar-refractivity contribution < 1.29 is 4.79 Å². The Bertz CT molecular complexity index is 346. The molecule has 0 aromatic carbocycles. The van der Waals surface area contributed by atoms with Crippen molar-refractivity contribution in [1.82, 2.24) is 9.97 Å². The summed E-state index contributed by atoms with van der Waals surface area (Å²) in [4.78, 5) is 19.5. The third kappa shape index (κ3) is 0.747. The molecule has 1 aliphatic heterocycles. The topological polar surface area (TPSA) is 54.9 Å². The molecule has 0 atom stereocenters. The third-order valence-corrected chi connectivity index (χ3v) is 2.09. The molecule has 0 saturated carbocycles. The van der Waals surface area contributed by atoms with Gasteiger partial charge in [0.25, 0.3) is 0 Å². The van der Waals surface area contributed by atoms with Crippen molar-refractivity contribution in [3.8, 4) is 0 Å². The van der Waals surface area contributed by atoms with E-state index in [2.05, 4.69) is 15.3 Å². The van der Waals surface area contributed by atoms with Crippen LogP contribution < -0.4 is 5.32 Å². The number of aromatic nitrogens is 2. The molecule has 62 valence electrons. The van der Waals surface area contributed by atoms with E-state index in [1.807, 2.05) is 13.8 Å². The molecular formula is C8H9N3O. The summed E-state index contributed by atoms with van der Waals surface area (Å²) in [6.07, 6.45) is 3.17. The first kappa shape index (κ1) is 7.21. The second kappa shape index (κ2) is 2.03. The molecule has 0 aliphatic carbocycles. The second-order valence-corrected chi connectivity index (χ2v) is 3.33. The molecule has 0 saturated heterocycles. The predicted molar refractivity (Wildman–Crippen MR) is 43.7 cm³/mol. The van der Waals surface area contributed by atoms with Crippen LogP contribution in [-0.2, 0) is 10.2 Å². The fourth-order valence-corrected chi connectivity index (χ4v) is 1.26. The molecule has 1 N–H and O–H groups in total. The average Bonchev–Trinajstić information content (AvgIpc) is 2.25. The highest BCUT2D eigenvalue weighted by atomic mass is 16.2. The standard InChI is InChI=1S/C8H9N3O/c1-8(2)5-6(11-7(8)12)10-4-3-9-5/h3-4H,1-2H3,(H,10,11,12). The monoisotopic (exact) mass is 163 g/mol. The summed E-state index contributed by atoms with van der Waals surface area (Å²) in [5.74, 6) is 0.552. The van der Waals surface area contributed by atoms with E-state index in [9.17, 15) is 4.79 Å². The summed E-state index contributed by atoms with van der Waals surface area (Å²) in [6.45, 7) is 3.67. The number of hydrogen-bond donors (Lipinski definition) is 1. The van der Waals surface area contributed by atoms with Gasteiger partial charge in [0.2, 0.25) is 5.91 Å². The molecule has 0 fully saturated rings. The van der Waals surface area contributed by atoms with Crippen molar-refractivity contribution >= 4 is 11.7 Å². The molecule has 0 spiro atoms. The zero-order valence-corrected chi connectivity index (χ0v) is 6.96. The highest BCUT2D eigenvalue weighted by Gasteiger charge is 2.40. The molecule has 1 aromatic heterocycles. The van der Waals surface area contributed by atoms with Crippen molar-refractivity contribution in [3.63, 3.8) is 0 Å². The number of nitrogens with zero attached hydrogens (tertiary/aromatic N) is 2. The van der Waals surface area contributed by atoms with Crippen LogP contribution in [0.1, 0.15) is 19.5 Å². The van der Waals surface area contributed by atoms with E-state index in [4.69, 9.17) is 0 Å². The summed E-state index contributed by atoms with van der Waals surface area (Å²) >= 11 is 0. The van der Waals surface area contributed by atoms with Crippen molar-refractivity contribution in [2.75, 3.05) is 5.32 Å². The highest BCUT2D eigenvalue weighted by molar-refractivity contribution is 6.03. The normalized spacial score (nSPS) is 18.7. The van der Waals surface area contributed by atoms with Gasteiger partial charge in [-0.2, -0.15) is 0 Å². The van der Waals surface area contributed by atoms with Gasteiger partial charge in [-0.15, -0.1) is 0 Å². The Morgan fingerprint density at radius 1 is 1.33 bits per heavy atom. The molecule has 12 heavy (non-hydrogen) atoms. The van der Waals surface area contributed by atoms with E-state index in [0.29, 0.717) is 5.82 Å². The van der Waals surface area contributed by atoms with Gasteiger partial charge in [0.05, 0.1) is 11.1 Å². The SMILES string of the molecule is CC1(C)C(=O)Nc2nccnc21. The summed E-state index contributed by atoms with van der Waals surface area (Å²) in [5, 5.41) is 2.68. The lowest BCUT2D eigenvalue weighted by atomic mass is 9.91. The van der Waals surface area contributed by atoms with Gasteiger partial charge in [-0.25, -0.2) is 4.98 Å². The number of carbonyl (C=O) groups excluding carboxylic acids is 1. The lowest BCUT2D eigenvalue weighted by Crippen LogP contribution is -2.27. The summed E-state index contributed by atoms with van der Waals surface area (Å²) in [6, 6.07) is 0. The Kier molecular flexibility index (Phi) is 1.22. The number of nitrogens with one attached hydrogen (secondary N) is 1. The average molecular weight is 163 g/mol. The van der Waals surface area contributed by atoms with Crippen LogP contribution in [0.4, 0.5) is 5.82 Å². The van der Waals surface area contributed by atoms with Gasteiger partial charge < -0.3 is 5.32 Å². The lowest BCUT2D eigenvalue weighted by Gasteiger charge is -2.12. The van der Waals surface area contributed by atoms with E-state index >= 15 is 0 Å². The van der Waals surface area contributed by atoms with Crippen LogP contribution in [0.25, 0.3) is 0 Å². The quantitative estimate of drug-likeness (QED) is 0.612. The first-order chi connectivity index (χ1) is 5.62. The minimum Gasteiger partial charge on any atom is -0.308 e. The van der Waals surface area contributed by atoms with E-state index < -0.39 is 5.41 Å². The summed E-state index contributed by atoms with van der Waals surface area (Å²) < 4.78 is 0. The number of rotatable bonds is 0. The van der Waals surface area contributed by atoms with E-state index in [1.165, 1.54) is 0 Å². The maximum atomic E-state index is 11.4. The van der Waals surface area contributed by atoms with Gasteiger partial charge in [0.1, 0.15) is 0 Å². The minimum atomic E-state index is -0.538. The van der Waals surface area contributed by atoms with Crippen LogP contribution in [0.2, 0.25) is 0 Å². The zero-order chi connectivity index (χ0) is 8.77. The first-order valence-corrected chi connectivity index (χ1v) is 3.75. The molecular weight excluding hydrogens is 154 g/mol.